The number of amides is 1. The van der Waals surface area contributed by atoms with Crippen LogP contribution in [0.1, 0.15) is 42.8 Å². The summed E-state index contributed by atoms with van der Waals surface area (Å²) in [4.78, 5) is 12.2. The predicted octanol–water partition coefficient (Wildman–Crippen LogP) is 3.81. The highest BCUT2D eigenvalue weighted by Crippen LogP contribution is 2.19. The number of carbonyl (C=O) groups excluding carboxylic acids is 1. The molecule has 0 fully saturated rings. The van der Waals surface area contributed by atoms with E-state index < -0.39 is 0 Å². The lowest BCUT2D eigenvalue weighted by atomic mass is 10.0. The second kappa shape index (κ2) is 7.45. The van der Waals surface area contributed by atoms with Gasteiger partial charge in [-0.25, -0.2) is 0 Å². The molecule has 0 saturated heterocycles. The molecule has 0 aliphatic heterocycles. The summed E-state index contributed by atoms with van der Waals surface area (Å²) in [5, 5.41) is 8.10. The van der Waals surface area contributed by atoms with E-state index in [1.54, 1.807) is 4.68 Å². The highest BCUT2D eigenvalue weighted by Gasteiger charge is 2.14. The molecule has 4 nitrogen and oxygen atoms in total. The van der Waals surface area contributed by atoms with Crippen LogP contribution in [0.25, 0.3) is 0 Å². The second-order valence-electron chi connectivity index (χ2n) is 5.40. The Hall–Kier alpha value is -1.81. The van der Waals surface area contributed by atoms with E-state index >= 15 is 0 Å². The van der Waals surface area contributed by atoms with Gasteiger partial charge in [-0.2, -0.15) is 5.10 Å². The van der Waals surface area contributed by atoms with Crippen LogP contribution in [0.15, 0.2) is 30.3 Å². The van der Waals surface area contributed by atoms with Crippen molar-refractivity contribution < 1.29 is 4.79 Å². The summed E-state index contributed by atoms with van der Waals surface area (Å²) in [6.07, 6.45) is 1.25. The van der Waals surface area contributed by atoms with Gasteiger partial charge in [0.05, 0.1) is 29.0 Å². The van der Waals surface area contributed by atoms with Gasteiger partial charge >= 0.3 is 0 Å². The largest absolute Gasteiger partial charge is 0.349 e. The van der Waals surface area contributed by atoms with Crippen molar-refractivity contribution >= 4 is 17.5 Å². The van der Waals surface area contributed by atoms with E-state index in [1.165, 1.54) is 0 Å². The quantitative estimate of drug-likeness (QED) is 0.880. The topological polar surface area (TPSA) is 46.9 Å². The third-order valence-electron chi connectivity index (χ3n) is 3.79. The number of rotatable bonds is 6. The molecule has 5 heteroatoms. The van der Waals surface area contributed by atoms with Crippen LogP contribution < -0.4 is 5.32 Å². The molecule has 1 aromatic heterocycles. The molecule has 0 aliphatic carbocycles. The van der Waals surface area contributed by atoms with Gasteiger partial charge in [0.2, 0.25) is 5.91 Å². The minimum absolute atomic E-state index is 0.0272. The van der Waals surface area contributed by atoms with Crippen molar-refractivity contribution in [2.75, 3.05) is 0 Å². The SMILES string of the molecule is CCC(NC(=O)CCn1nc(C)c(Cl)c1C)c1ccccc1. The van der Waals surface area contributed by atoms with Gasteiger partial charge < -0.3 is 5.32 Å². The highest BCUT2D eigenvalue weighted by molar-refractivity contribution is 6.31. The summed E-state index contributed by atoms with van der Waals surface area (Å²) in [7, 11) is 0. The Labute approximate surface area is 136 Å². The molecule has 0 bridgehead atoms. The summed E-state index contributed by atoms with van der Waals surface area (Å²) in [6.45, 7) is 6.39. The second-order valence-corrected chi connectivity index (χ2v) is 5.77. The Morgan fingerprint density at radius 1 is 1.32 bits per heavy atom. The van der Waals surface area contributed by atoms with Crippen molar-refractivity contribution in [2.24, 2.45) is 0 Å². The Bertz CT molecular complexity index is 637. The standard InChI is InChI=1S/C17H22ClN3O/c1-4-15(14-8-6-5-7-9-14)19-16(22)10-11-21-13(3)17(18)12(2)20-21/h5-9,15H,4,10-11H2,1-3H3,(H,19,22). The maximum Gasteiger partial charge on any atom is 0.222 e. The average Bonchev–Trinajstić information content (AvgIpc) is 2.78. The van der Waals surface area contributed by atoms with Crippen molar-refractivity contribution in [2.45, 2.75) is 46.2 Å². The number of halogens is 1. The third-order valence-corrected chi connectivity index (χ3v) is 4.34. The molecule has 0 radical (unpaired) electrons. The van der Waals surface area contributed by atoms with Gasteiger partial charge in [0.25, 0.3) is 0 Å². The molecule has 0 saturated carbocycles. The minimum Gasteiger partial charge on any atom is -0.349 e. The Balaban J connectivity index is 1.93. The number of hydrogen-bond acceptors (Lipinski definition) is 2. The fraction of sp³-hybridized carbons (Fsp3) is 0.412. The van der Waals surface area contributed by atoms with Crippen LogP contribution in [0, 0.1) is 13.8 Å². The van der Waals surface area contributed by atoms with E-state index in [0.29, 0.717) is 18.0 Å². The zero-order chi connectivity index (χ0) is 16.1. The molecular formula is C17H22ClN3O. The monoisotopic (exact) mass is 319 g/mol. The van der Waals surface area contributed by atoms with E-state index in [1.807, 2.05) is 44.2 Å². The summed E-state index contributed by atoms with van der Waals surface area (Å²) < 4.78 is 1.79. The van der Waals surface area contributed by atoms with E-state index in [-0.39, 0.29) is 11.9 Å². The van der Waals surface area contributed by atoms with Gasteiger partial charge in [-0.3, -0.25) is 9.48 Å². The number of benzene rings is 1. The van der Waals surface area contributed by atoms with E-state index in [2.05, 4.69) is 17.3 Å². The van der Waals surface area contributed by atoms with E-state index in [0.717, 1.165) is 23.4 Å². The van der Waals surface area contributed by atoms with Crippen LogP contribution in [0.4, 0.5) is 0 Å². The molecule has 1 amide bonds. The number of nitrogens with zero attached hydrogens (tertiary/aromatic N) is 2. The van der Waals surface area contributed by atoms with Crippen LogP contribution in [0.5, 0.6) is 0 Å². The first kappa shape index (κ1) is 16.6. The van der Waals surface area contributed by atoms with Gasteiger partial charge in [-0.1, -0.05) is 48.9 Å². The normalized spacial score (nSPS) is 12.2. The summed E-state index contributed by atoms with van der Waals surface area (Å²) >= 11 is 6.12. The van der Waals surface area contributed by atoms with Crippen molar-refractivity contribution in [3.63, 3.8) is 0 Å². The maximum atomic E-state index is 12.2. The van der Waals surface area contributed by atoms with Crippen molar-refractivity contribution in [1.29, 1.82) is 0 Å². The fourth-order valence-electron chi connectivity index (χ4n) is 2.47. The zero-order valence-corrected chi connectivity index (χ0v) is 14.0. The lowest BCUT2D eigenvalue weighted by molar-refractivity contribution is -0.122. The third kappa shape index (κ3) is 3.89. The van der Waals surface area contributed by atoms with Crippen LogP contribution >= 0.6 is 11.6 Å². The highest BCUT2D eigenvalue weighted by atomic mass is 35.5. The van der Waals surface area contributed by atoms with Gasteiger partial charge in [-0.15, -0.1) is 0 Å². The van der Waals surface area contributed by atoms with Crippen LogP contribution in [-0.4, -0.2) is 15.7 Å². The van der Waals surface area contributed by atoms with Gasteiger partial charge in [0.1, 0.15) is 0 Å². The molecule has 1 N–H and O–H groups in total. The van der Waals surface area contributed by atoms with E-state index in [9.17, 15) is 4.79 Å². The maximum absolute atomic E-state index is 12.2. The van der Waals surface area contributed by atoms with Crippen molar-refractivity contribution in [3.8, 4) is 0 Å². The summed E-state index contributed by atoms with van der Waals surface area (Å²) in [5.74, 6) is 0.0272. The number of hydrogen-bond donors (Lipinski definition) is 1. The molecule has 1 unspecified atom stereocenters. The molecule has 1 aromatic carbocycles. The Morgan fingerprint density at radius 3 is 2.55 bits per heavy atom. The van der Waals surface area contributed by atoms with Gasteiger partial charge in [0.15, 0.2) is 0 Å². The lowest BCUT2D eigenvalue weighted by Crippen LogP contribution is -2.29. The van der Waals surface area contributed by atoms with Crippen LogP contribution in [0.3, 0.4) is 0 Å². The fourth-order valence-corrected chi connectivity index (χ4v) is 2.61. The smallest absolute Gasteiger partial charge is 0.222 e. The van der Waals surface area contributed by atoms with Crippen molar-refractivity contribution in [3.05, 3.63) is 52.3 Å². The Morgan fingerprint density at radius 2 is 2.00 bits per heavy atom. The minimum atomic E-state index is 0.0272. The molecule has 1 heterocycles. The first-order chi connectivity index (χ1) is 10.5. The molecule has 1 atom stereocenters. The Kier molecular flexibility index (Phi) is 5.61. The van der Waals surface area contributed by atoms with Gasteiger partial charge in [-0.05, 0) is 25.8 Å². The molecule has 2 aromatic rings. The summed E-state index contributed by atoms with van der Waals surface area (Å²) in [5.41, 5.74) is 2.84. The summed E-state index contributed by atoms with van der Waals surface area (Å²) in [6, 6.07) is 10.1. The molecule has 118 valence electrons. The predicted molar refractivity (Wildman–Crippen MR) is 88.9 cm³/mol. The molecule has 2 rings (SSSR count). The first-order valence-electron chi connectivity index (χ1n) is 7.56. The number of aryl methyl sites for hydroxylation is 2. The lowest BCUT2D eigenvalue weighted by Gasteiger charge is -2.17. The van der Waals surface area contributed by atoms with Crippen LogP contribution in [-0.2, 0) is 11.3 Å². The number of aromatic nitrogens is 2. The first-order valence-corrected chi connectivity index (χ1v) is 7.94. The number of nitrogens with one attached hydrogen (secondary N) is 1. The number of carbonyl (C=O) groups is 1. The molecular weight excluding hydrogens is 298 g/mol. The molecule has 0 spiro atoms. The van der Waals surface area contributed by atoms with Crippen molar-refractivity contribution in [1.82, 2.24) is 15.1 Å². The van der Waals surface area contributed by atoms with Crippen LogP contribution in [0.2, 0.25) is 5.02 Å². The van der Waals surface area contributed by atoms with Gasteiger partial charge in [0, 0.05) is 6.42 Å². The molecule has 0 aliphatic rings. The zero-order valence-electron chi connectivity index (χ0n) is 13.3. The van der Waals surface area contributed by atoms with E-state index in [4.69, 9.17) is 11.6 Å². The molecule has 22 heavy (non-hydrogen) atoms. The average molecular weight is 320 g/mol.